The number of fused-ring (bicyclic) bond motifs is 4. The molecule has 0 unspecified atom stereocenters. The van der Waals surface area contributed by atoms with Crippen molar-refractivity contribution in [2.45, 2.75) is 45.7 Å². The first kappa shape index (κ1) is 17.8. The average Bonchev–Trinajstić information content (AvgIpc) is 2.71. The summed E-state index contributed by atoms with van der Waals surface area (Å²) >= 11 is 5.99. The molecule has 0 N–H and O–H groups in total. The van der Waals surface area contributed by atoms with Crippen LogP contribution < -0.4 is 10.4 Å². The molecule has 0 amide bonds. The molecule has 0 saturated carbocycles. The van der Waals surface area contributed by atoms with Gasteiger partial charge >= 0.3 is 5.63 Å². The second-order valence-corrected chi connectivity index (χ2v) is 8.24. The summed E-state index contributed by atoms with van der Waals surface area (Å²) in [4.78, 5) is 14.7. The Morgan fingerprint density at radius 2 is 1.86 bits per heavy atom. The highest BCUT2D eigenvalue weighted by Crippen LogP contribution is 2.38. The van der Waals surface area contributed by atoms with Gasteiger partial charge in [-0.1, -0.05) is 23.7 Å². The lowest BCUT2D eigenvalue weighted by Gasteiger charge is -2.30. The highest BCUT2D eigenvalue weighted by Gasteiger charge is 2.25. The van der Waals surface area contributed by atoms with E-state index in [1.165, 1.54) is 11.1 Å². The van der Waals surface area contributed by atoms with Crippen LogP contribution in [0.1, 0.15) is 40.7 Å². The van der Waals surface area contributed by atoms with E-state index >= 15 is 0 Å². The van der Waals surface area contributed by atoms with Gasteiger partial charge in [0, 0.05) is 40.2 Å². The van der Waals surface area contributed by atoms with Gasteiger partial charge in [0.25, 0.3) is 0 Å². The molecular weight excluding hydrogens is 374 g/mol. The Kier molecular flexibility index (Phi) is 4.41. The van der Waals surface area contributed by atoms with Gasteiger partial charge in [0.2, 0.25) is 0 Å². The minimum absolute atomic E-state index is 0.176. The van der Waals surface area contributed by atoms with Gasteiger partial charge in [-0.15, -0.1) is 0 Å². The molecule has 0 bridgehead atoms. The van der Waals surface area contributed by atoms with E-state index in [2.05, 4.69) is 23.1 Å². The Bertz CT molecular complexity index is 1120. The predicted molar refractivity (Wildman–Crippen MR) is 110 cm³/mol. The smallest absolute Gasteiger partial charge is 0.339 e. The predicted octanol–water partition coefficient (Wildman–Crippen LogP) is 4.99. The van der Waals surface area contributed by atoms with E-state index in [-0.39, 0.29) is 5.63 Å². The number of ether oxygens (including phenoxy) is 1. The van der Waals surface area contributed by atoms with E-state index < -0.39 is 0 Å². The molecule has 4 nitrogen and oxygen atoms in total. The zero-order chi connectivity index (χ0) is 19.3. The number of aryl methyl sites for hydroxylation is 2. The van der Waals surface area contributed by atoms with Crippen molar-refractivity contribution in [1.82, 2.24) is 4.90 Å². The summed E-state index contributed by atoms with van der Waals surface area (Å²) in [5.74, 6) is 0.860. The third-order valence-corrected chi connectivity index (χ3v) is 6.13. The molecular formula is C23H22ClNO3. The number of benzene rings is 2. The van der Waals surface area contributed by atoms with Gasteiger partial charge in [0.1, 0.15) is 18.1 Å². The summed E-state index contributed by atoms with van der Waals surface area (Å²) in [6.07, 6.45) is 3.96. The largest absolute Gasteiger partial charge is 0.477 e. The van der Waals surface area contributed by atoms with Crippen LogP contribution in [0, 0.1) is 6.92 Å². The third kappa shape index (κ3) is 3.01. The second kappa shape index (κ2) is 6.94. The van der Waals surface area contributed by atoms with Crippen molar-refractivity contribution in [2.24, 2.45) is 0 Å². The van der Waals surface area contributed by atoms with Gasteiger partial charge in [-0.2, -0.15) is 0 Å². The number of hydrogen-bond acceptors (Lipinski definition) is 4. The summed E-state index contributed by atoms with van der Waals surface area (Å²) in [6.45, 7) is 4.11. The summed E-state index contributed by atoms with van der Waals surface area (Å²) in [6, 6.07) is 10.1. The molecule has 1 aromatic heterocycles. The van der Waals surface area contributed by atoms with Crippen molar-refractivity contribution < 1.29 is 9.15 Å². The van der Waals surface area contributed by atoms with Crippen molar-refractivity contribution in [3.63, 3.8) is 0 Å². The standard InChI is InChI=1S/C23H22ClNO3/c1-14-21-16(12-25(13-27-21)11-15-6-8-17(24)9-7-15)10-20-18-4-2-3-5-19(18)23(26)28-22(14)20/h6-10H,2-5,11-13H2,1H3. The van der Waals surface area contributed by atoms with E-state index in [0.29, 0.717) is 12.3 Å². The Labute approximate surface area is 168 Å². The minimum Gasteiger partial charge on any atom is -0.477 e. The molecule has 0 atom stereocenters. The molecule has 5 heteroatoms. The van der Waals surface area contributed by atoms with Gasteiger partial charge in [0.15, 0.2) is 0 Å². The van der Waals surface area contributed by atoms with Crippen molar-refractivity contribution >= 4 is 22.6 Å². The highest BCUT2D eigenvalue weighted by atomic mass is 35.5. The molecule has 0 fully saturated rings. The van der Waals surface area contributed by atoms with Crippen LogP contribution in [-0.4, -0.2) is 11.6 Å². The molecule has 0 spiro atoms. The van der Waals surface area contributed by atoms with Crippen molar-refractivity contribution in [2.75, 3.05) is 6.73 Å². The van der Waals surface area contributed by atoms with Crippen LogP contribution >= 0.6 is 11.6 Å². The molecule has 2 aliphatic rings. The van der Waals surface area contributed by atoms with Crippen LogP contribution in [0.25, 0.3) is 11.0 Å². The zero-order valence-corrected chi connectivity index (χ0v) is 16.6. The summed E-state index contributed by atoms with van der Waals surface area (Å²) in [5.41, 5.74) is 5.86. The van der Waals surface area contributed by atoms with E-state index in [4.69, 9.17) is 20.8 Å². The molecule has 1 aliphatic heterocycles. The van der Waals surface area contributed by atoms with E-state index in [1.807, 2.05) is 19.1 Å². The van der Waals surface area contributed by atoms with E-state index in [9.17, 15) is 4.79 Å². The maximum absolute atomic E-state index is 12.5. The van der Waals surface area contributed by atoms with Gasteiger partial charge in [0.05, 0.1) is 0 Å². The minimum atomic E-state index is -0.176. The van der Waals surface area contributed by atoms with Crippen molar-refractivity contribution in [3.8, 4) is 5.75 Å². The molecule has 2 aromatic carbocycles. The second-order valence-electron chi connectivity index (χ2n) is 7.81. The van der Waals surface area contributed by atoms with Crippen molar-refractivity contribution in [1.29, 1.82) is 0 Å². The third-order valence-electron chi connectivity index (χ3n) is 5.87. The SMILES string of the molecule is Cc1c2c(cc3c4c(c(=O)oc13)CCCC4)CN(Cc1ccc(Cl)cc1)CO2. The molecule has 0 radical (unpaired) electrons. The summed E-state index contributed by atoms with van der Waals surface area (Å²) in [5, 5.41) is 1.83. The fourth-order valence-corrected chi connectivity index (χ4v) is 4.63. The lowest BCUT2D eigenvalue weighted by molar-refractivity contribution is 0.0881. The van der Waals surface area contributed by atoms with Crippen LogP contribution in [0.3, 0.4) is 0 Å². The zero-order valence-electron chi connectivity index (χ0n) is 15.9. The number of nitrogens with zero attached hydrogens (tertiary/aromatic N) is 1. The van der Waals surface area contributed by atoms with E-state index in [1.54, 1.807) is 0 Å². The molecule has 5 rings (SSSR count). The Hall–Kier alpha value is -2.30. The quantitative estimate of drug-likeness (QED) is 0.573. The molecule has 28 heavy (non-hydrogen) atoms. The molecule has 2 heterocycles. The van der Waals surface area contributed by atoms with E-state index in [0.717, 1.165) is 71.6 Å². The molecule has 1 aliphatic carbocycles. The van der Waals surface area contributed by atoms with Gasteiger partial charge in [-0.25, -0.2) is 4.79 Å². The normalized spacial score (nSPS) is 16.5. The van der Waals surface area contributed by atoms with Crippen LogP contribution in [0.2, 0.25) is 5.02 Å². The first-order valence-corrected chi connectivity index (χ1v) is 10.2. The fraction of sp³-hybridized carbons (Fsp3) is 0.348. The molecule has 3 aromatic rings. The lowest BCUT2D eigenvalue weighted by atomic mass is 9.89. The lowest BCUT2D eigenvalue weighted by Crippen LogP contribution is -2.32. The van der Waals surface area contributed by atoms with Crippen LogP contribution in [0.4, 0.5) is 0 Å². The van der Waals surface area contributed by atoms with Crippen LogP contribution in [0.5, 0.6) is 5.75 Å². The Morgan fingerprint density at radius 3 is 2.64 bits per heavy atom. The molecule has 144 valence electrons. The first-order chi connectivity index (χ1) is 13.6. The topological polar surface area (TPSA) is 42.7 Å². The fourth-order valence-electron chi connectivity index (χ4n) is 4.50. The summed E-state index contributed by atoms with van der Waals surface area (Å²) < 4.78 is 11.8. The summed E-state index contributed by atoms with van der Waals surface area (Å²) in [7, 11) is 0. The maximum atomic E-state index is 12.5. The number of halogens is 1. The monoisotopic (exact) mass is 395 g/mol. The highest BCUT2D eigenvalue weighted by molar-refractivity contribution is 6.30. The Morgan fingerprint density at radius 1 is 1.11 bits per heavy atom. The van der Waals surface area contributed by atoms with Crippen molar-refractivity contribution in [3.05, 3.63) is 73.6 Å². The van der Waals surface area contributed by atoms with Gasteiger partial charge in [-0.05, 0) is 61.9 Å². The Balaban J connectivity index is 1.54. The first-order valence-electron chi connectivity index (χ1n) is 9.81. The maximum Gasteiger partial charge on any atom is 0.339 e. The van der Waals surface area contributed by atoms with Crippen LogP contribution in [0.15, 0.2) is 39.5 Å². The number of rotatable bonds is 2. The van der Waals surface area contributed by atoms with Gasteiger partial charge in [-0.3, -0.25) is 4.90 Å². The van der Waals surface area contributed by atoms with Gasteiger partial charge < -0.3 is 9.15 Å². The average molecular weight is 396 g/mol. The van der Waals surface area contributed by atoms with Crippen LogP contribution in [-0.2, 0) is 25.9 Å². The number of hydrogen-bond donors (Lipinski definition) is 0. The molecule has 0 saturated heterocycles.